The van der Waals surface area contributed by atoms with E-state index in [2.05, 4.69) is 41.4 Å². The Morgan fingerprint density at radius 2 is 2.39 bits per heavy atom. The molecule has 1 aliphatic rings. The van der Waals surface area contributed by atoms with Crippen LogP contribution in [-0.4, -0.2) is 16.0 Å². The molecule has 2 N–H and O–H groups in total. The third kappa shape index (κ3) is 2.27. The number of hydrogen-bond acceptors (Lipinski definition) is 2. The second-order valence-electron chi connectivity index (χ2n) is 6.20. The highest BCUT2D eigenvalue weighted by atomic mass is 14.9. The topological polar surface area (TPSA) is 40.7 Å². The van der Waals surface area contributed by atoms with Gasteiger partial charge in [-0.3, -0.25) is 0 Å². The summed E-state index contributed by atoms with van der Waals surface area (Å²) in [5, 5.41) is 4.92. The smallest absolute Gasteiger partial charge is 0.137 e. The van der Waals surface area contributed by atoms with Gasteiger partial charge < -0.3 is 10.3 Å². The molecule has 96 valence electrons. The lowest BCUT2D eigenvalue weighted by molar-refractivity contribution is 0.364. The molecule has 0 saturated heterocycles. The van der Waals surface area contributed by atoms with Crippen LogP contribution in [0.4, 0.5) is 0 Å². The van der Waals surface area contributed by atoms with Gasteiger partial charge in [0.2, 0.25) is 0 Å². The van der Waals surface area contributed by atoms with Crippen LogP contribution in [0.25, 0.3) is 11.0 Å². The normalized spacial score (nSPS) is 22.7. The summed E-state index contributed by atoms with van der Waals surface area (Å²) < 4.78 is 0. The van der Waals surface area contributed by atoms with Crippen molar-refractivity contribution >= 4 is 11.0 Å². The third-order valence-corrected chi connectivity index (χ3v) is 4.09. The molecule has 1 atom stereocenters. The molecule has 0 aromatic carbocycles. The van der Waals surface area contributed by atoms with Crippen molar-refractivity contribution in [2.75, 3.05) is 0 Å². The third-order valence-electron chi connectivity index (χ3n) is 4.09. The van der Waals surface area contributed by atoms with Crippen molar-refractivity contribution in [3.05, 3.63) is 30.1 Å². The monoisotopic (exact) mass is 243 g/mol. The number of nitrogens with zero attached hydrogens (tertiary/aromatic N) is 1. The van der Waals surface area contributed by atoms with E-state index in [-0.39, 0.29) is 0 Å². The Bertz CT molecular complexity index is 541. The summed E-state index contributed by atoms with van der Waals surface area (Å²) in [5.74, 6) is 0. The van der Waals surface area contributed by atoms with Gasteiger partial charge in [0.05, 0.1) is 0 Å². The maximum atomic E-state index is 4.32. The Morgan fingerprint density at radius 3 is 3.17 bits per heavy atom. The molecule has 2 aromatic rings. The van der Waals surface area contributed by atoms with E-state index in [1.54, 1.807) is 0 Å². The number of fused-ring (bicyclic) bond motifs is 1. The molecule has 2 aromatic heterocycles. The van der Waals surface area contributed by atoms with Crippen LogP contribution < -0.4 is 5.32 Å². The van der Waals surface area contributed by atoms with Gasteiger partial charge in [-0.1, -0.05) is 13.8 Å². The molecule has 3 heteroatoms. The lowest BCUT2D eigenvalue weighted by Crippen LogP contribution is -2.26. The van der Waals surface area contributed by atoms with E-state index in [4.69, 9.17) is 0 Å². The molecule has 1 saturated carbocycles. The Balaban J connectivity index is 1.67. The van der Waals surface area contributed by atoms with E-state index in [1.165, 1.54) is 30.2 Å². The zero-order chi connectivity index (χ0) is 12.6. The van der Waals surface area contributed by atoms with Crippen LogP contribution in [0.15, 0.2) is 24.5 Å². The van der Waals surface area contributed by atoms with Gasteiger partial charge in [-0.2, -0.15) is 0 Å². The molecule has 0 aliphatic heterocycles. The Kier molecular flexibility index (Phi) is 2.86. The largest absolute Gasteiger partial charge is 0.346 e. The first-order chi connectivity index (χ1) is 8.64. The first-order valence-corrected chi connectivity index (χ1v) is 6.78. The van der Waals surface area contributed by atoms with Crippen molar-refractivity contribution < 1.29 is 0 Å². The molecule has 1 aliphatic carbocycles. The summed E-state index contributed by atoms with van der Waals surface area (Å²) in [7, 11) is 0. The quantitative estimate of drug-likeness (QED) is 0.869. The molecule has 3 rings (SSSR count). The van der Waals surface area contributed by atoms with E-state index >= 15 is 0 Å². The number of rotatable bonds is 3. The Hall–Kier alpha value is -1.35. The van der Waals surface area contributed by atoms with Gasteiger partial charge in [-0.15, -0.1) is 0 Å². The summed E-state index contributed by atoms with van der Waals surface area (Å²) in [4.78, 5) is 7.55. The van der Waals surface area contributed by atoms with Gasteiger partial charge in [0.15, 0.2) is 0 Å². The molecule has 3 nitrogen and oxygen atoms in total. The predicted molar refractivity (Wildman–Crippen MR) is 74.4 cm³/mol. The van der Waals surface area contributed by atoms with Crippen LogP contribution in [0.1, 0.15) is 38.7 Å². The number of hydrogen-bond donors (Lipinski definition) is 2. The highest BCUT2D eigenvalue weighted by Crippen LogP contribution is 2.37. The summed E-state index contributed by atoms with van der Waals surface area (Å²) in [5.41, 5.74) is 2.82. The maximum absolute atomic E-state index is 4.32. The summed E-state index contributed by atoms with van der Waals surface area (Å²) >= 11 is 0. The molecule has 1 unspecified atom stereocenters. The summed E-state index contributed by atoms with van der Waals surface area (Å²) in [6.07, 6.45) is 7.82. The van der Waals surface area contributed by atoms with Gasteiger partial charge in [-0.05, 0) is 42.4 Å². The zero-order valence-electron chi connectivity index (χ0n) is 11.2. The van der Waals surface area contributed by atoms with Crippen molar-refractivity contribution in [2.45, 2.75) is 45.7 Å². The number of H-pyrrole nitrogens is 1. The average molecular weight is 243 g/mol. The molecular weight excluding hydrogens is 222 g/mol. The van der Waals surface area contributed by atoms with Gasteiger partial charge in [0.1, 0.15) is 5.65 Å². The van der Waals surface area contributed by atoms with E-state index in [0.717, 1.165) is 12.2 Å². The summed E-state index contributed by atoms with van der Waals surface area (Å²) in [6, 6.07) is 4.80. The van der Waals surface area contributed by atoms with E-state index in [0.29, 0.717) is 11.5 Å². The fourth-order valence-corrected chi connectivity index (χ4v) is 3.02. The van der Waals surface area contributed by atoms with Crippen LogP contribution in [0.5, 0.6) is 0 Å². The van der Waals surface area contributed by atoms with Crippen molar-refractivity contribution in [3.8, 4) is 0 Å². The van der Waals surface area contributed by atoms with Crippen LogP contribution in [0, 0.1) is 5.41 Å². The molecule has 0 radical (unpaired) electrons. The van der Waals surface area contributed by atoms with Gasteiger partial charge >= 0.3 is 0 Å². The SMILES string of the molecule is CC1(C)CCC(NCc2c[nH]c3ncccc23)C1. The standard InChI is InChI=1S/C15H21N3/c1-15(2)6-5-12(8-15)17-9-11-10-18-14-13(11)4-3-7-16-14/h3-4,7,10,12,17H,5-6,8-9H2,1-2H3,(H,16,18). The maximum Gasteiger partial charge on any atom is 0.137 e. The number of nitrogens with one attached hydrogen (secondary N) is 2. The van der Waals surface area contributed by atoms with Crippen molar-refractivity contribution in [2.24, 2.45) is 5.41 Å². The number of aromatic nitrogens is 2. The highest BCUT2D eigenvalue weighted by Gasteiger charge is 2.30. The molecule has 2 heterocycles. The Labute approximate surface area is 108 Å². The fourth-order valence-electron chi connectivity index (χ4n) is 3.02. The average Bonchev–Trinajstić information content (AvgIpc) is 2.90. The minimum Gasteiger partial charge on any atom is -0.346 e. The molecule has 0 spiro atoms. The van der Waals surface area contributed by atoms with Gasteiger partial charge in [-0.25, -0.2) is 4.98 Å². The molecular formula is C15H21N3. The molecule has 1 fully saturated rings. The van der Waals surface area contributed by atoms with Crippen molar-refractivity contribution in [1.82, 2.24) is 15.3 Å². The van der Waals surface area contributed by atoms with Gasteiger partial charge in [0, 0.05) is 30.4 Å². The molecule has 0 bridgehead atoms. The lowest BCUT2D eigenvalue weighted by Gasteiger charge is -2.17. The molecule has 0 amide bonds. The van der Waals surface area contributed by atoms with Crippen molar-refractivity contribution in [1.29, 1.82) is 0 Å². The Morgan fingerprint density at radius 1 is 1.50 bits per heavy atom. The number of pyridine rings is 1. The van der Waals surface area contributed by atoms with Crippen LogP contribution >= 0.6 is 0 Å². The second kappa shape index (κ2) is 4.39. The second-order valence-corrected chi connectivity index (χ2v) is 6.20. The highest BCUT2D eigenvalue weighted by molar-refractivity contribution is 5.79. The van der Waals surface area contributed by atoms with E-state index in [9.17, 15) is 0 Å². The number of aromatic amines is 1. The minimum absolute atomic E-state index is 0.513. The van der Waals surface area contributed by atoms with Crippen LogP contribution in [0.2, 0.25) is 0 Å². The van der Waals surface area contributed by atoms with Crippen LogP contribution in [-0.2, 0) is 6.54 Å². The fraction of sp³-hybridized carbons (Fsp3) is 0.533. The minimum atomic E-state index is 0.513. The first kappa shape index (κ1) is 11.7. The summed E-state index contributed by atoms with van der Waals surface area (Å²) in [6.45, 7) is 5.67. The first-order valence-electron chi connectivity index (χ1n) is 6.78. The van der Waals surface area contributed by atoms with Crippen molar-refractivity contribution in [3.63, 3.8) is 0 Å². The van der Waals surface area contributed by atoms with E-state index in [1.807, 2.05) is 12.3 Å². The van der Waals surface area contributed by atoms with E-state index < -0.39 is 0 Å². The van der Waals surface area contributed by atoms with Gasteiger partial charge in [0.25, 0.3) is 0 Å². The predicted octanol–water partition coefficient (Wildman–Crippen LogP) is 3.23. The lowest BCUT2D eigenvalue weighted by atomic mass is 9.92. The zero-order valence-corrected chi connectivity index (χ0v) is 11.2. The molecule has 18 heavy (non-hydrogen) atoms. The van der Waals surface area contributed by atoms with Crippen LogP contribution in [0.3, 0.4) is 0 Å².